The highest BCUT2D eigenvalue weighted by atomic mass is 16.5. The summed E-state index contributed by atoms with van der Waals surface area (Å²) in [5, 5.41) is 0. The Morgan fingerprint density at radius 2 is 0.889 bits per heavy atom. The summed E-state index contributed by atoms with van der Waals surface area (Å²) in [5.74, 6) is -0.0515. The molecule has 0 saturated carbocycles. The molecule has 1 aromatic rings. The average molecular weight is 505 g/mol. The second-order valence-corrected chi connectivity index (χ2v) is 11.0. The zero-order valence-corrected chi connectivity index (χ0v) is 24.0. The monoisotopic (exact) mass is 504 g/mol. The second-order valence-electron chi connectivity index (χ2n) is 11.0. The van der Waals surface area contributed by atoms with Crippen LogP contribution in [0.1, 0.15) is 184 Å². The van der Waals surface area contributed by atoms with E-state index >= 15 is 0 Å². The molecule has 210 valence electrons. The van der Waals surface area contributed by atoms with E-state index in [2.05, 4.69) is 6.92 Å². The zero-order chi connectivity index (χ0) is 25.8. The van der Waals surface area contributed by atoms with Crippen molar-refractivity contribution in [2.45, 2.75) is 174 Å². The molecule has 0 fully saturated rings. The van der Waals surface area contributed by atoms with Gasteiger partial charge in [-0.25, -0.2) is 4.79 Å². The van der Waals surface area contributed by atoms with E-state index in [-0.39, 0.29) is 5.97 Å². The first-order valence-corrected chi connectivity index (χ1v) is 16.0. The lowest BCUT2D eigenvalue weighted by Gasteiger charge is -2.05. The van der Waals surface area contributed by atoms with E-state index in [4.69, 9.17) is 9.15 Å². The molecule has 0 aliphatic rings. The molecule has 1 rings (SSSR count). The van der Waals surface area contributed by atoms with Crippen molar-refractivity contribution in [3.63, 3.8) is 0 Å². The van der Waals surface area contributed by atoms with E-state index in [0.717, 1.165) is 12.8 Å². The van der Waals surface area contributed by atoms with Crippen LogP contribution in [0.4, 0.5) is 0 Å². The molecule has 0 aliphatic carbocycles. The van der Waals surface area contributed by atoms with Gasteiger partial charge in [-0.05, 0) is 18.6 Å². The highest BCUT2D eigenvalue weighted by Crippen LogP contribution is 2.16. The van der Waals surface area contributed by atoms with Gasteiger partial charge in [0.2, 0.25) is 5.76 Å². The molecule has 0 aliphatic heterocycles. The fourth-order valence-electron chi connectivity index (χ4n) is 5.05. The van der Waals surface area contributed by atoms with E-state index in [1.54, 1.807) is 12.1 Å². The van der Waals surface area contributed by atoms with Gasteiger partial charge in [-0.15, -0.1) is 0 Å². The van der Waals surface area contributed by atoms with Gasteiger partial charge in [0.1, 0.15) is 0 Å². The molecule has 0 aromatic carbocycles. The third-order valence-corrected chi connectivity index (χ3v) is 7.45. The van der Waals surface area contributed by atoms with Gasteiger partial charge in [0.15, 0.2) is 0 Å². The minimum absolute atomic E-state index is 0.296. The highest BCUT2D eigenvalue weighted by molar-refractivity contribution is 5.86. The molecule has 3 heteroatoms. The molecule has 3 nitrogen and oxygen atoms in total. The van der Waals surface area contributed by atoms with E-state index in [1.165, 1.54) is 160 Å². The van der Waals surface area contributed by atoms with Crippen molar-refractivity contribution in [2.75, 3.05) is 6.61 Å². The van der Waals surface area contributed by atoms with Gasteiger partial charge < -0.3 is 9.15 Å². The van der Waals surface area contributed by atoms with Gasteiger partial charge in [-0.3, -0.25) is 0 Å². The van der Waals surface area contributed by atoms with Gasteiger partial charge in [0.05, 0.1) is 12.9 Å². The fraction of sp³-hybridized carbons (Fsp3) is 0.848. The smallest absolute Gasteiger partial charge is 0.374 e. The molecule has 1 aromatic heterocycles. The quantitative estimate of drug-likeness (QED) is 0.0841. The van der Waals surface area contributed by atoms with E-state index in [0.29, 0.717) is 12.4 Å². The maximum Gasteiger partial charge on any atom is 0.374 e. The van der Waals surface area contributed by atoms with Crippen LogP contribution in [0.3, 0.4) is 0 Å². The molecule has 0 unspecified atom stereocenters. The molecule has 0 amide bonds. The number of hydrogen-bond acceptors (Lipinski definition) is 3. The summed E-state index contributed by atoms with van der Waals surface area (Å²) in [7, 11) is 0. The van der Waals surface area contributed by atoms with Gasteiger partial charge in [0, 0.05) is 0 Å². The second kappa shape index (κ2) is 26.8. The lowest BCUT2D eigenvalue weighted by Crippen LogP contribution is -2.05. The predicted octanol–water partition coefficient (Wildman–Crippen LogP) is 11.6. The van der Waals surface area contributed by atoms with Crippen LogP contribution in [0.2, 0.25) is 0 Å². The Morgan fingerprint density at radius 3 is 1.19 bits per heavy atom. The van der Waals surface area contributed by atoms with Crippen molar-refractivity contribution in [3.8, 4) is 0 Å². The maximum atomic E-state index is 11.6. The minimum atomic E-state index is -0.348. The number of esters is 1. The Morgan fingerprint density at radius 1 is 0.556 bits per heavy atom. The van der Waals surface area contributed by atoms with Crippen LogP contribution in [0.15, 0.2) is 22.8 Å². The van der Waals surface area contributed by atoms with Crippen LogP contribution in [0.5, 0.6) is 0 Å². The SMILES string of the molecule is CCCCCCCCCCCCCCCCCCCCCCCCCCCCOC(=O)c1ccco1. The molecule has 1 heterocycles. The number of furan rings is 1. The Labute approximate surface area is 224 Å². The van der Waals surface area contributed by atoms with Crippen LogP contribution in [-0.2, 0) is 4.74 Å². The maximum absolute atomic E-state index is 11.6. The van der Waals surface area contributed by atoms with Crippen molar-refractivity contribution in [1.82, 2.24) is 0 Å². The molecule has 0 bridgehead atoms. The zero-order valence-electron chi connectivity index (χ0n) is 24.0. The summed E-state index contributed by atoms with van der Waals surface area (Å²) in [5.41, 5.74) is 0. The Kier molecular flexibility index (Phi) is 24.4. The highest BCUT2D eigenvalue weighted by Gasteiger charge is 2.08. The van der Waals surface area contributed by atoms with Crippen LogP contribution >= 0.6 is 0 Å². The van der Waals surface area contributed by atoms with Crippen molar-refractivity contribution in [3.05, 3.63) is 24.2 Å². The van der Waals surface area contributed by atoms with Crippen LogP contribution in [0.25, 0.3) is 0 Å². The Hall–Kier alpha value is -1.25. The van der Waals surface area contributed by atoms with Crippen molar-refractivity contribution < 1.29 is 13.9 Å². The molecule has 0 N–H and O–H groups in total. The first-order chi connectivity index (χ1) is 17.8. The first kappa shape index (κ1) is 32.8. The van der Waals surface area contributed by atoms with E-state index in [1.807, 2.05) is 0 Å². The molecule has 36 heavy (non-hydrogen) atoms. The topological polar surface area (TPSA) is 39.4 Å². The molecule has 0 saturated heterocycles. The summed E-state index contributed by atoms with van der Waals surface area (Å²) in [6, 6.07) is 3.35. The summed E-state index contributed by atoms with van der Waals surface area (Å²) < 4.78 is 10.2. The van der Waals surface area contributed by atoms with Gasteiger partial charge >= 0.3 is 5.97 Å². The van der Waals surface area contributed by atoms with Crippen molar-refractivity contribution in [1.29, 1.82) is 0 Å². The molecule has 0 spiro atoms. The third kappa shape index (κ3) is 22.0. The minimum Gasteiger partial charge on any atom is -0.460 e. The summed E-state index contributed by atoms with van der Waals surface area (Å²) in [4.78, 5) is 11.6. The summed E-state index contributed by atoms with van der Waals surface area (Å²) >= 11 is 0. The van der Waals surface area contributed by atoms with E-state index in [9.17, 15) is 4.79 Å². The van der Waals surface area contributed by atoms with Crippen molar-refractivity contribution >= 4 is 5.97 Å². The lowest BCUT2D eigenvalue weighted by molar-refractivity contribution is 0.0461. The Bertz CT molecular complexity index is 551. The largest absolute Gasteiger partial charge is 0.460 e. The predicted molar refractivity (Wildman–Crippen MR) is 155 cm³/mol. The van der Waals surface area contributed by atoms with Crippen LogP contribution in [-0.4, -0.2) is 12.6 Å². The molecule has 0 radical (unpaired) electrons. The molecular weight excluding hydrogens is 444 g/mol. The number of carbonyl (C=O) groups excluding carboxylic acids is 1. The number of carbonyl (C=O) groups is 1. The van der Waals surface area contributed by atoms with Gasteiger partial charge in [0.25, 0.3) is 0 Å². The van der Waals surface area contributed by atoms with Gasteiger partial charge in [-0.2, -0.15) is 0 Å². The first-order valence-electron chi connectivity index (χ1n) is 16.0. The number of hydrogen-bond donors (Lipinski definition) is 0. The fourth-order valence-corrected chi connectivity index (χ4v) is 5.05. The normalized spacial score (nSPS) is 11.2. The average Bonchev–Trinajstić information content (AvgIpc) is 3.43. The van der Waals surface area contributed by atoms with Crippen molar-refractivity contribution in [2.24, 2.45) is 0 Å². The van der Waals surface area contributed by atoms with E-state index < -0.39 is 0 Å². The number of ether oxygens (including phenoxy) is 1. The summed E-state index contributed by atoms with van der Waals surface area (Å²) in [6.45, 7) is 2.80. The third-order valence-electron chi connectivity index (χ3n) is 7.45. The number of rotatable bonds is 28. The van der Waals surface area contributed by atoms with Crippen LogP contribution < -0.4 is 0 Å². The lowest BCUT2D eigenvalue weighted by atomic mass is 10.0. The standard InChI is InChI=1S/C33H60O3/c1-2-3-4-5-6-7-8-9-10-11-12-13-14-15-16-17-18-19-20-21-22-23-24-25-26-27-30-36-33(34)32-29-28-31-35-32/h28-29,31H,2-27,30H2,1H3. The molecular formula is C33H60O3. The molecule has 0 atom stereocenters. The summed E-state index contributed by atoms with van der Waals surface area (Å²) in [6.07, 6.45) is 37.9. The number of unbranched alkanes of at least 4 members (excludes halogenated alkanes) is 25. The van der Waals surface area contributed by atoms with Crippen LogP contribution in [0, 0.1) is 0 Å². The Balaban J connectivity index is 1.64. The van der Waals surface area contributed by atoms with Gasteiger partial charge in [-0.1, -0.05) is 167 Å².